The molecule has 0 unspecified atom stereocenters. The predicted molar refractivity (Wildman–Crippen MR) is 165 cm³/mol. The van der Waals surface area contributed by atoms with E-state index in [4.69, 9.17) is 9.47 Å². The Morgan fingerprint density at radius 3 is 2.18 bits per heavy atom. The number of methoxy groups -OCH3 is 1. The quantitative estimate of drug-likeness (QED) is 0.206. The average Bonchev–Trinajstić information content (AvgIpc) is 3.01. The molecule has 7 nitrogen and oxygen atoms in total. The summed E-state index contributed by atoms with van der Waals surface area (Å²) >= 11 is 0. The van der Waals surface area contributed by atoms with Gasteiger partial charge in [-0.1, -0.05) is 12.1 Å². The zero-order chi connectivity index (χ0) is 31.1. The summed E-state index contributed by atoms with van der Waals surface area (Å²) in [6.45, 7) is 5.76. The summed E-state index contributed by atoms with van der Waals surface area (Å²) in [5.74, 6) is 0.911. The van der Waals surface area contributed by atoms with Gasteiger partial charge in [0.2, 0.25) is 0 Å². The number of nitrogens with one attached hydrogen (secondary N) is 1. The zero-order valence-corrected chi connectivity index (χ0v) is 24.6. The van der Waals surface area contributed by atoms with Gasteiger partial charge < -0.3 is 24.4 Å². The molecule has 1 aliphatic rings. The van der Waals surface area contributed by atoms with Crippen LogP contribution in [0.5, 0.6) is 17.2 Å². The first-order chi connectivity index (χ1) is 21.2. The van der Waals surface area contributed by atoms with Crippen molar-refractivity contribution in [3.63, 3.8) is 0 Å². The molecule has 0 atom stereocenters. The fourth-order valence-corrected chi connectivity index (χ4v) is 5.17. The topological polar surface area (TPSA) is 63.3 Å². The molecular formula is C34H34F3N3O4. The van der Waals surface area contributed by atoms with E-state index in [-0.39, 0.29) is 11.7 Å². The minimum absolute atomic E-state index is 0.202. The predicted octanol–water partition coefficient (Wildman–Crippen LogP) is 7.23. The first-order valence-electron chi connectivity index (χ1n) is 14.3. The molecule has 0 spiro atoms. The first-order valence-corrected chi connectivity index (χ1v) is 14.3. The second-order valence-corrected chi connectivity index (χ2v) is 10.4. The highest BCUT2D eigenvalue weighted by Crippen LogP contribution is 2.32. The number of nitrogens with zero attached hydrogens (tertiary/aromatic N) is 2. The monoisotopic (exact) mass is 605 g/mol. The molecule has 0 aromatic heterocycles. The number of halogens is 3. The number of anilines is 2. The SMILES string of the molecule is CCOc1cccc(-c2cc(CN3CCN(c4ccc(C(=O)Nc5ccc(OC)cc5)cc4)CC3)cc(OC(F)(F)F)c2)c1. The molecule has 10 heteroatoms. The molecule has 0 saturated carbocycles. The standard InChI is InChI=1S/C34H34F3N3O4/c1-3-43-31-6-4-5-26(21-31)27-19-24(20-32(22-27)44-34(35,36)37)23-39-15-17-40(18-16-39)29-11-7-25(8-12-29)33(41)38-28-9-13-30(42-2)14-10-28/h4-14,19-22H,3,15-18,23H2,1-2H3,(H,38,41). The smallest absolute Gasteiger partial charge is 0.497 e. The Kier molecular flexibility index (Phi) is 9.59. The summed E-state index contributed by atoms with van der Waals surface area (Å²) in [6, 6.07) is 26.6. The third-order valence-corrected chi connectivity index (χ3v) is 7.30. The van der Waals surface area contributed by atoms with Crippen molar-refractivity contribution in [1.82, 2.24) is 4.90 Å². The molecule has 1 fully saturated rings. The average molecular weight is 606 g/mol. The van der Waals surface area contributed by atoms with Gasteiger partial charge in [-0.25, -0.2) is 0 Å². The molecule has 4 aromatic rings. The van der Waals surface area contributed by atoms with Crippen molar-refractivity contribution in [2.75, 3.05) is 50.1 Å². The highest BCUT2D eigenvalue weighted by atomic mass is 19.4. The Morgan fingerprint density at radius 2 is 1.52 bits per heavy atom. The summed E-state index contributed by atoms with van der Waals surface area (Å²) < 4.78 is 54.5. The molecule has 0 bridgehead atoms. The van der Waals surface area contributed by atoms with Crippen molar-refractivity contribution >= 4 is 17.3 Å². The molecule has 230 valence electrons. The van der Waals surface area contributed by atoms with Gasteiger partial charge in [-0.2, -0.15) is 0 Å². The summed E-state index contributed by atoms with van der Waals surface area (Å²) in [4.78, 5) is 17.1. The minimum Gasteiger partial charge on any atom is -0.497 e. The van der Waals surface area contributed by atoms with Gasteiger partial charge in [-0.3, -0.25) is 9.69 Å². The summed E-state index contributed by atoms with van der Waals surface area (Å²) in [5, 5.41) is 2.88. The number of amides is 1. The van der Waals surface area contributed by atoms with Crippen molar-refractivity contribution in [2.24, 2.45) is 0 Å². The first kappa shape index (κ1) is 30.7. The van der Waals surface area contributed by atoms with Gasteiger partial charge >= 0.3 is 6.36 Å². The molecule has 1 heterocycles. The molecule has 44 heavy (non-hydrogen) atoms. The van der Waals surface area contributed by atoms with Crippen LogP contribution in [0.25, 0.3) is 11.1 Å². The minimum atomic E-state index is -4.79. The number of hydrogen-bond acceptors (Lipinski definition) is 6. The number of carbonyl (C=O) groups is 1. The second-order valence-electron chi connectivity index (χ2n) is 10.4. The highest BCUT2D eigenvalue weighted by molar-refractivity contribution is 6.04. The number of hydrogen-bond donors (Lipinski definition) is 1. The van der Waals surface area contributed by atoms with Gasteiger partial charge in [0, 0.05) is 49.7 Å². The molecule has 4 aromatic carbocycles. The number of piperazine rings is 1. The summed E-state index contributed by atoms with van der Waals surface area (Å²) in [7, 11) is 1.59. The van der Waals surface area contributed by atoms with Gasteiger partial charge in [-0.15, -0.1) is 13.2 Å². The van der Waals surface area contributed by atoms with Crippen molar-refractivity contribution in [3.8, 4) is 28.4 Å². The molecule has 1 amide bonds. The van der Waals surface area contributed by atoms with Gasteiger partial charge in [-0.05, 0) is 102 Å². The van der Waals surface area contributed by atoms with E-state index in [1.165, 1.54) is 12.1 Å². The van der Waals surface area contributed by atoms with Crippen LogP contribution in [0.4, 0.5) is 24.5 Å². The number of rotatable bonds is 10. The van der Waals surface area contributed by atoms with Crippen LogP contribution in [0, 0.1) is 0 Å². The molecule has 0 radical (unpaired) electrons. The van der Waals surface area contributed by atoms with Crippen molar-refractivity contribution in [3.05, 3.63) is 102 Å². The maximum absolute atomic E-state index is 13.1. The van der Waals surface area contributed by atoms with E-state index < -0.39 is 6.36 Å². The van der Waals surface area contributed by atoms with Crippen molar-refractivity contribution in [1.29, 1.82) is 0 Å². The van der Waals surface area contributed by atoms with Crippen LogP contribution in [-0.2, 0) is 6.54 Å². The van der Waals surface area contributed by atoms with Gasteiger partial charge in [0.25, 0.3) is 5.91 Å². The maximum atomic E-state index is 13.1. The highest BCUT2D eigenvalue weighted by Gasteiger charge is 2.31. The van der Waals surface area contributed by atoms with Crippen LogP contribution < -0.4 is 24.4 Å². The van der Waals surface area contributed by atoms with Crippen LogP contribution in [0.2, 0.25) is 0 Å². The molecule has 1 N–H and O–H groups in total. The van der Waals surface area contributed by atoms with Gasteiger partial charge in [0.15, 0.2) is 0 Å². The largest absolute Gasteiger partial charge is 0.573 e. The number of alkyl halides is 3. The van der Waals surface area contributed by atoms with E-state index in [2.05, 4.69) is 19.9 Å². The van der Waals surface area contributed by atoms with E-state index in [0.29, 0.717) is 41.5 Å². The van der Waals surface area contributed by atoms with Crippen LogP contribution in [0.15, 0.2) is 91.0 Å². The Labute approximate surface area is 254 Å². The zero-order valence-electron chi connectivity index (χ0n) is 24.6. The lowest BCUT2D eigenvalue weighted by molar-refractivity contribution is -0.274. The van der Waals surface area contributed by atoms with Crippen LogP contribution in [-0.4, -0.2) is 57.1 Å². The Morgan fingerprint density at radius 1 is 0.818 bits per heavy atom. The van der Waals surface area contributed by atoms with Crippen LogP contribution in [0.1, 0.15) is 22.8 Å². The maximum Gasteiger partial charge on any atom is 0.573 e. The molecule has 1 saturated heterocycles. The van der Waals surface area contributed by atoms with Crippen LogP contribution >= 0.6 is 0 Å². The molecular weight excluding hydrogens is 571 g/mol. The lowest BCUT2D eigenvalue weighted by Crippen LogP contribution is -2.46. The second kappa shape index (κ2) is 13.7. The van der Waals surface area contributed by atoms with Crippen LogP contribution in [0.3, 0.4) is 0 Å². The Balaban J connectivity index is 1.22. The fourth-order valence-electron chi connectivity index (χ4n) is 5.17. The summed E-state index contributed by atoms with van der Waals surface area (Å²) in [5.41, 5.74) is 4.32. The van der Waals surface area contributed by atoms with E-state index >= 15 is 0 Å². The Hall–Kier alpha value is -4.70. The number of benzene rings is 4. The van der Waals surface area contributed by atoms with E-state index in [1.54, 1.807) is 43.5 Å². The Bertz CT molecular complexity index is 1550. The summed E-state index contributed by atoms with van der Waals surface area (Å²) in [6.07, 6.45) is -4.79. The lowest BCUT2D eigenvalue weighted by atomic mass is 10.0. The van der Waals surface area contributed by atoms with Gasteiger partial charge in [0.05, 0.1) is 13.7 Å². The number of carbonyl (C=O) groups excluding carboxylic acids is 1. The number of ether oxygens (including phenoxy) is 3. The molecule has 1 aliphatic heterocycles. The fraction of sp³-hybridized carbons (Fsp3) is 0.265. The van der Waals surface area contributed by atoms with Crippen molar-refractivity contribution < 1.29 is 32.2 Å². The van der Waals surface area contributed by atoms with E-state index in [0.717, 1.165) is 43.0 Å². The van der Waals surface area contributed by atoms with Gasteiger partial charge in [0.1, 0.15) is 17.2 Å². The third kappa shape index (κ3) is 8.23. The lowest BCUT2D eigenvalue weighted by Gasteiger charge is -2.36. The van der Waals surface area contributed by atoms with E-state index in [1.807, 2.05) is 49.4 Å². The normalized spacial score (nSPS) is 13.8. The third-order valence-electron chi connectivity index (χ3n) is 7.30. The molecule has 5 rings (SSSR count). The van der Waals surface area contributed by atoms with E-state index in [9.17, 15) is 18.0 Å². The molecule has 0 aliphatic carbocycles. The van der Waals surface area contributed by atoms with Crippen molar-refractivity contribution in [2.45, 2.75) is 19.8 Å².